The topological polar surface area (TPSA) is 20.2 Å². The van der Waals surface area contributed by atoms with Crippen molar-refractivity contribution in [3.05, 3.63) is 71.7 Å². The molecule has 2 aromatic rings. The number of allylic oxidation sites excluding steroid dienone is 2. The van der Waals surface area contributed by atoms with Gasteiger partial charge in [-0.2, -0.15) is 13.2 Å². The number of hydrogen-bond acceptors (Lipinski definition) is 1. The average Bonchev–Trinajstić information content (AvgIpc) is 2.48. The summed E-state index contributed by atoms with van der Waals surface area (Å²) in [4.78, 5) is 0. The minimum Gasteiger partial charge on any atom is -0.504 e. The van der Waals surface area contributed by atoms with Crippen molar-refractivity contribution in [3.63, 3.8) is 0 Å². The average molecular weight is 310 g/mol. The van der Waals surface area contributed by atoms with E-state index in [1.165, 1.54) is 6.92 Å². The van der Waals surface area contributed by atoms with Gasteiger partial charge in [-0.15, -0.1) is 0 Å². The monoisotopic (exact) mass is 310 g/mol. The summed E-state index contributed by atoms with van der Waals surface area (Å²) in [5.41, 5.74) is 0. The van der Waals surface area contributed by atoms with Crippen molar-refractivity contribution in [1.82, 2.24) is 0 Å². The molecule has 0 unspecified atom stereocenters. The maximum absolute atomic E-state index is 12.8. The molecule has 0 aromatic heterocycles. The number of alkyl halides is 3. The number of benzene rings is 2. The van der Waals surface area contributed by atoms with E-state index < -0.39 is 19.9 Å². The lowest BCUT2D eigenvalue weighted by Gasteiger charge is -2.21. The molecule has 5 heteroatoms. The number of aliphatic hydroxyl groups is 1. The molecule has 0 heterocycles. The zero-order chi connectivity index (χ0) is 15.5. The van der Waals surface area contributed by atoms with Crippen molar-refractivity contribution < 1.29 is 18.3 Å². The van der Waals surface area contributed by atoms with Crippen molar-refractivity contribution in [2.24, 2.45) is 0 Å². The van der Waals surface area contributed by atoms with Gasteiger partial charge in [0.1, 0.15) is 0 Å². The summed E-state index contributed by atoms with van der Waals surface area (Å²) in [5, 5.41) is 11.0. The lowest BCUT2D eigenvalue weighted by Crippen LogP contribution is -2.18. The van der Waals surface area contributed by atoms with Gasteiger partial charge in [0.15, 0.2) is 0 Å². The second-order valence-corrected chi connectivity index (χ2v) is 6.81. The van der Waals surface area contributed by atoms with Gasteiger partial charge in [-0.25, -0.2) is 0 Å². The van der Waals surface area contributed by atoms with Crippen LogP contribution in [0.1, 0.15) is 6.92 Å². The van der Waals surface area contributed by atoms with Gasteiger partial charge in [0.2, 0.25) is 5.76 Å². The number of rotatable bonds is 3. The summed E-state index contributed by atoms with van der Waals surface area (Å²) in [6.45, 7) is 1.34. The van der Waals surface area contributed by atoms with Crippen molar-refractivity contribution in [2.45, 2.75) is 13.1 Å². The van der Waals surface area contributed by atoms with Crippen molar-refractivity contribution in [1.29, 1.82) is 0 Å². The Balaban J connectivity index is 2.58. The maximum atomic E-state index is 12.8. The second kappa shape index (κ2) is 6.31. The normalized spacial score (nSPS) is 13.2. The molecular weight excluding hydrogens is 296 g/mol. The molecule has 0 radical (unpaired) electrons. The number of halogens is 3. The van der Waals surface area contributed by atoms with Gasteiger partial charge in [0, 0.05) is 5.31 Å². The Morgan fingerprint density at radius 3 is 1.57 bits per heavy atom. The summed E-state index contributed by atoms with van der Waals surface area (Å²) >= 11 is 0. The third kappa shape index (κ3) is 3.64. The van der Waals surface area contributed by atoms with Crippen LogP contribution in [0.4, 0.5) is 13.2 Å². The smallest absolute Gasteiger partial charge is 0.449 e. The van der Waals surface area contributed by atoms with Crippen LogP contribution >= 0.6 is 7.92 Å². The van der Waals surface area contributed by atoms with Crippen LogP contribution in [0.3, 0.4) is 0 Å². The third-order valence-electron chi connectivity index (χ3n) is 2.98. The van der Waals surface area contributed by atoms with E-state index in [9.17, 15) is 18.3 Å². The molecule has 1 nitrogen and oxygen atoms in total. The molecular formula is C16H14F3OP. The highest BCUT2D eigenvalue weighted by molar-refractivity contribution is 7.76. The van der Waals surface area contributed by atoms with Gasteiger partial charge in [0.25, 0.3) is 0 Å². The lowest BCUT2D eigenvalue weighted by molar-refractivity contribution is -0.121. The molecule has 0 spiro atoms. The van der Waals surface area contributed by atoms with E-state index in [2.05, 4.69) is 0 Å². The highest BCUT2D eigenvalue weighted by Crippen LogP contribution is 2.46. The summed E-state index contributed by atoms with van der Waals surface area (Å²) in [6, 6.07) is 17.9. The summed E-state index contributed by atoms with van der Waals surface area (Å²) in [7, 11) is -1.41. The first kappa shape index (κ1) is 15.6. The van der Waals surface area contributed by atoms with Gasteiger partial charge in [0.05, 0.1) is 0 Å². The SMILES string of the molecule is C/C(=C(/O)C(F)(F)F)P(c1ccccc1)c1ccccc1. The molecule has 0 aliphatic rings. The van der Waals surface area contributed by atoms with E-state index in [0.29, 0.717) is 0 Å². The van der Waals surface area contributed by atoms with Crippen LogP contribution < -0.4 is 10.6 Å². The van der Waals surface area contributed by atoms with Crippen molar-refractivity contribution in [2.75, 3.05) is 0 Å². The molecule has 0 atom stereocenters. The molecule has 1 N–H and O–H groups in total. The maximum Gasteiger partial charge on any atom is 0.449 e. The first-order valence-corrected chi connectivity index (χ1v) is 7.62. The number of aliphatic hydroxyl groups excluding tert-OH is 1. The van der Waals surface area contributed by atoms with Crippen LogP contribution in [0.5, 0.6) is 0 Å². The standard InChI is InChI=1S/C16H14F3OP/c1-12(15(20)16(17,18)19)21(13-8-4-2-5-9-13)14-10-6-3-7-11-14/h2-11,20H,1H3/b15-12-. The van der Waals surface area contributed by atoms with Crippen LogP contribution in [0.15, 0.2) is 71.7 Å². The zero-order valence-electron chi connectivity index (χ0n) is 11.3. The third-order valence-corrected chi connectivity index (χ3v) is 5.49. The highest BCUT2D eigenvalue weighted by Gasteiger charge is 2.37. The Morgan fingerprint density at radius 2 is 1.24 bits per heavy atom. The molecule has 2 aromatic carbocycles. The van der Waals surface area contributed by atoms with Gasteiger partial charge in [-0.1, -0.05) is 60.7 Å². The van der Waals surface area contributed by atoms with Gasteiger partial charge < -0.3 is 5.11 Å². The molecule has 0 saturated heterocycles. The molecule has 2 rings (SSSR count). The Morgan fingerprint density at radius 1 is 0.857 bits per heavy atom. The van der Waals surface area contributed by atoms with Crippen LogP contribution in [-0.4, -0.2) is 11.3 Å². The van der Waals surface area contributed by atoms with Crippen molar-refractivity contribution >= 4 is 18.5 Å². The summed E-state index contributed by atoms with van der Waals surface area (Å²) in [6.07, 6.45) is -4.73. The highest BCUT2D eigenvalue weighted by atomic mass is 31.1. The van der Waals surface area contributed by atoms with Crippen LogP contribution in [0, 0.1) is 0 Å². The molecule has 0 aliphatic heterocycles. The second-order valence-electron chi connectivity index (χ2n) is 4.44. The van der Waals surface area contributed by atoms with E-state index in [0.717, 1.165) is 10.6 Å². The summed E-state index contributed by atoms with van der Waals surface area (Å²) < 4.78 is 38.4. The molecule has 0 aliphatic carbocycles. The Kier molecular flexibility index (Phi) is 4.69. The number of hydrogen-bond donors (Lipinski definition) is 1. The van der Waals surface area contributed by atoms with E-state index in [1.54, 1.807) is 48.5 Å². The quantitative estimate of drug-likeness (QED) is 0.655. The van der Waals surface area contributed by atoms with Gasteiger partial charge in [-0.05, 0) is 25.5 Å². The van der Waals surface area contributed by atoms with Crippen LogP contribution in [-0.2, 0) is 0 Å². The predicted molar refractivity (Wildman–Crippen MR) is 80.5 cm³/mol. The molecule has 0 saturated carbocycles. The van der Waals surface area contributed by atoms with Crippen LogP contribution in [0.25, 0.3) is 0 Å². The molecule has 0 fully saturated rings. The minimum atomic E-state index is -4.73. The van der Waals surface area contributed by atoms with E-state index >= 15 is 0 Å². The van der Waals surface area contributed by atoms with E-state index in [-0.39, 0.29) is 5.31 Å². The van der Waals surface area contributed by atoms with E-state index in [4.69, 9.17) is 0 Å². The van der Waals surface area contributed by atoms with Gasteiger partial charge >= 0.3 is 6.18 Å². The molecule has 0 bridgehead atoms. The predicted octanol–water partition coefficient (Wildman–Crippen LogP) is 4.47. The molecule has 21 heavy (non-hydrogen) atoms. The molecule has 0 amide bonds. The Bertz CT molecular complexity index is 581. The summed E-state index contributed by atoms with van der Waals surface area (Å²) in [5.74, 6) is -1.50. The lowest BCUT2D eigenvalue weighted by atomic mass is 10.4. The van der Waals surface area contributed by atoms with Crippen LogP contribution in [0.2, 0.25) is 0 Å². The Hall–Kier alpha value is -1.80. The first-order chi connectivity index (χ1) is 9.91. The van der Waals surface area contributed by atoms with E-state index in [1.807, 2.05) is 12.1 Å². The fourth-order valence-electron chi connectivity index (χ4n) is 2.00. The largest absolute Gasteiger partial charge is 0.504 e. The Labute approximate surface area is 122 Å². The fourth-order valence-corrected chi connectivity index (χ4v) is 4.35. The zero-order valence-corrected chi connectivity index (χ0v) is 12.2. The first-order valence-electron chi connectivity index (χ1n) is 6.28. The minimum absolute atomic E-state index is 0.0464. The molecule has 110 valence electrons. The van der Waals surface area contributed by atoms with Crippen molar-refractivity contribution in [3.8, 4) is 0 Å². The fraction of sp³-hybridized carbons (Fsp3) is 0.125. The van der Waals surface area contributed by atoms with Gasteiger partial charge in [-0.3, -0.25) is 0 Å².